The molecule has 2 aromatic rings. The molecule has 0 heterocycles. The van der Waals surface area contributed by atoms with E-state index in [0.717, 1.165) is 41.5 Å². The van der Waals surface area contributed by atoms with Crippen molar-refractivity contribution in [1.82, 2.24) is 10.6 Å². The Hall–Kier alpha value is -3.35. The van der Waals surface area contributed by atoms with Crippen molar-refractivity contribution in [1.29, 1.82) is 0 Å². The number of amides is 2. The molecule has 0 bridgehead atoms. The van der Waals surface area contributed by atoms with Crippen LogP contribution in [0.5, 0.6) is 0 Å². The average Bonchev–Trinajstić information content (AvgIpc) is 3.12. The minimum atomic E-state index is -0.887. The maximum Gasteiger partial charge on any atom is 0.407 e. The summed E-state index contributed by atoms with van der Waals surface area (Å²) in [5.41, 5.74) is 4.54. The van der Waals surface area contributed by atoms with Gasteiger partial charge in [-0.25, -0.2) is 4.79 Å². The Balaban J connectivity index is 1.34. The van der Waals surface area contributed by atoms with E-state index in [2.05, 4.69) is 34.9 Å². The average molecular weight is 465 g/mol. The number of benzene rings is 2. The zero-order chi connectivity index (χ0) is 24.1. The third kappa shape index (κ3) is 5.08. The number of hydrogen-bond donors (Lipinski definition) is 3. The second kappa shape index (κ2) is 10.7. The van der Waals surface area contributed by atoms with E-state index in [1.54, 1.807) is 0 Å². The molecule has 0 radical (unpaired) electrons. The number of carbonyl (C=O) groups is 3. The highest BCUT2D eigenvalue weighted by Gasteiger charge is 2.34. The van der Waals surface area contributed by atoms with Crippen LogP contribution in [-0.4, -0.2) is 42.3 Å². The van der Waals surface area contributed by atoms with Gasteiger partial charge in [-0.1, -0.05) is 68.3 Å². The molecule has 2 aliphatic carbocycles. The Morgan fingerprint density at radius 2 is 1.65 bits per heavy atom. The summed E-state index contributed by atoms with van der Waals surface area (Å²) in [6, 6.07) is 15.4. The molecule has 0 aliphatic heterocycles. The molecule has 2 atom stereocenters. The number of fused-ring (bicyclic) bond motifs is 3. The molecule has 2 amide bonds. The molecular formula is C27H32N2O5. The Bertz CT molecular complexity index is 1000. The summed E-state index contributed by atoms with van der Waals surface area (Å²) < 4.78 is 5.57. The molecule has 1 saturated carbocycles. The van der Waals surface area contributed by atoms with Crippen LogP contribution in [-0.2, 0) is 14.3 Å². The first-order valence-electron chi connectivity index (χ1n) is 12.1. The van der Waals surface area contributed by atoms with Crippen molar-refractivity contribution in [3.63, 3.8) is 0 Å². The Kier molecular flexibility index (Phi) is 7.50. The van der Waals surface area contributed by atoms with Gasteiger partial charge in [0.15, 0.2) is 0 Å². The summed E-state index contributed by atoms with van der Waals surface area (Å²) in [6.45, 7) is 2.17. The maximum atomic E-state index is 12.7. The standard InChI is InChI=1S/C27H32N2O5/c1-2-8-24(25(30)28-15-22(26(31)32)17-9-7-10-17)29-27(33)34-16-23-20-13-5-3-11-18(20)19-12-4-6-14-21(19)23/h3-6,11-14,17,22-24H,2,7-10,15-16H2,1H3,(H,28,30)(H,29,33)(H,31,32). The normalized spacial score (nSPS) is 16.5. The van der Waals surface area contributed by atoms with Crippen molar-refractivity contribution < 1.29 is 24.2 Å². The van der Waals surface area contributed by atoms with Gasteiger partial charge in [-0.2, -0.15) is 0 Å². The van der Waals surface area contributed by atoms with E-state index < -0.39 is 24.0 Å². The van der Waals surface area contributed by atoms with Gasteiger partial charge in [0.1, 0.15) is 12.6 Å². The molecule has 34 heavy (non-hydrogen) atoms. The zero-order valence-electron chi connectivity index (χ0n) is 19.5. The van der Waals surface area contributed by atoms with Crippen LogP contribution < -0.4 is 10.6 Å². The fourth-order valence-corrected chi connectivity index (χ4v) is 4.97. The molecule has 1 fully saturated rings. The van der Waals surface area contributed by atoms with Crippen LogP contribution in [0, 0.1) is 11.8 Å². The van der Waals surface area contributed by atoms with E-state index in [9.17, 15) is 19.5 Å². The highest BCUT2D eigenvalue weighted by molar-refractivity contribution is 5.86. The molecular weight excluding hydrogens is 432 g/mol. The lowest BCUT2D eigenvalue weighted by atomic mass is 9.76. The lowest BCUT2D eigenvalue weighted by molar-refractivity contribution is -0.144. The molecule has 2 aliphatic rings. The highest BCUT2D eigenvalue weighted by Crippen LogP contribution is 2.44. The number of nitrogens with one attached hydrogen (secondary N) is 2. The van der Waals surface area contributed by atoms with Crippen LogP contribution in [0.25, 0.3) is 11.1 Å². The predicted octanol–water partition coefficient (Wildman–Crippen LogP) is 4.31. The number of aliphatic carboxylic acids is 1. The highest BCUT2D eigenvalue weighted by atomic mass is 16.5. The maximum absolute atomic E-state index is 12.7. The summed E-state index contributed by atoms with van der Waals surface area (Å²) in [6.07, 6.45) is 3.27. The number of carboxylic acid groups (broad SMARTS) is 1. The van der Waals surface area contributed by atoms with Gasteiger partial charge in [-0.3, -0.25) is 9.59 Å². The van der Waals surface area contributed by atoms with Crippen molar-refractivity contribution in [2.45, 2.75) is 51.0 Å². The Morgan fingerprint density at radius 1 is 1.03 bits per heavy atom. The molecule has 0 saturated heterocycles. The van der Waals surface area contributed by atoms with E-state index in [-0.39, 0.29) is 30.9 Å². The SMILES string of the molecule is CCCC(NC(=O)OCC1c2ccccc2-c2ccccc21)C(=O)NCC(C(=O)O)C1CCC1. The Labute approximate surface area is 199 Å². The smallest absolute Gasteiger partial charge is 0.407 e. The topological polar surface area (TPSA) is 105 Å². The van der Waals surface area contributed by atoms with Gasteiger partial charge in [-0.15, -0.1) is 0 Å². The summed E-state index contributed by atoms with van der Waals surface area (Å²) in [5.74, 6) is -1.80. The van der Waals surface area contributed by atoms with Crippen LogP contribution in [0.15, 0.2) is 48.5 Å². The van der Waals surface area contributed by atoms with Gasteiger partial charge in [-0.05, 0) is 47.4 Å². The number of carbonyl (C=O) groups excluding carboxylic acids is 2. The fraction of sp³-hybridized carbons (Fsp3) is 0.444. The van der Waals surface area contributed by atoms with Crippen molar-refractivity contribution in [3.8, 4) is 11.1 Å². The minimum absolute atomic E-state index is 0.0598. The van der Waals surface area contributed by atoms with Gasteiger partial charge in [0.2, 0.25) is 5.91 Å². The molecule has 7 nitrogen and oxygen atoms in total. The number of alkyl carbamates (subject to hydrolysis) is 1. The van der Waals surface area contributed by atoms with Gasteiger partial charge < -0.3 is 20.5 Å². The second-order valence-corrected chi connectivity index (χ2v) is 9.19. The first-order chi connectivity index (χ1) is 16.5. The van der Waals surface area contributed by atoms with Crippen molar-refractivity contribution in [2.24, 2.45) is 11.8 Å². The number of hydrogen-bond acceptors (Lipinski definition) is 4. The van der Waals surface area contributed by atoms with Crippen molar-refractivity contribution in [2.75, 3.05) is 13.2 Å². The van der Waals surface area contributed by atoms with Crippen LogP contribution in [0.3, 0.4) is 0 Å². The van der Waals surface area contributed by atoms with Gasteiger partial charge in [0.05, 0.1) is 5.92 Å². The van der Waals surface area contributed by atoms with E-state index in [0.29, 0.717) is 12.8 Å². The lowest BCUT2D eigenvalue weighted by Crippen LogP contribution is -2.49. The summed E-state index contributed by atoms with van der Waals surface area (Å²) in [4.78, 5) is 36.9. The van der Waals surface area contributed by atoms with E-state index in [1.165, 1.54) is 0 Å². The molecule has 7 heteroatoms. The Morgan fingerprint density at radius 3 is 2.18 bits per heavy atom. The largest absolute Gasteiger partial charge is 0.481 e. The zero-order valence-corrected chi connectivity index (χ0v) is 19.5. The van der Waals surface area contributed by atoms with Crippen molar-refractivity contribution in [3.05, 3.63) is 59.7 Å². The lowest BCUT2D eigenvalue weighted by Gasteiger charge is -2.31. The third-order valence-corrected chi connectivity index (χ3v) is 7.06. The number of rotatable bonds is 10. The second-order valence-electron chi connectivity index (χ2n) is 9.19. The van der Waals surface area contributed by atoms with E-state index >= 15 is 0 Å². The minimum Gasteiger partial charge on any atom is -0.481 e. The molecule has 0 spiro atoms. The van der Waals surface area contributed by atoms with Gasteiger partial charge >= 0.3 is 12.1 Å². The quantitative estimate of drug-likeness (QED) is 0.486. The fourth-order valence-electron chi connectivity index (χ4n) is 4.97. The molecule has 0 aromatic heterocycles. The molecule has 2 unspecified atom stereocenters. The van der Waals surface area contributed by atoms with E-state index in [4.69, 9.17) is 4.74 Å². The molecule has 3 N–H and O–H groups in total. The monoisotopic (exact) mass is 464 g/mol. The van der Waals surface area contributed by atoms with Gasteiger partial charge in [0, 0.05) is 12.5 Å². The number of ether oxygens (including phenoxy) is 1. The predicted molar refractivity (Wildman–Crippen MR) is 128 cm³/mol. The summed E-state index contributed by atoms with van der Waals surface area (Å²) in [5, 5.41) is 14.9. The van der Waals surface area contributed by atoms with Crippen molar-refractivity contribution >= 4 is 18.0 Å². The van der Waals surface area contributed by atoms with Gasteiger partial charge in [0.25, 0.3) is 0 Å². The first kappa shape index (κ1) is 23.8. The molecule has 2 aromatic carbocycles. The van der Waals surface area contributed by atoms with Crippen LogP contribution >= 0.6 is 0 Å². The first-order valence-corrected chi connectivity index (χ1v) is 12.1. The summed E-state index contributed by atoms with van der Waals surface area (Å²) >= 11 is 0. The van der Waals surface area contributed by atoms with Crippen LogP contribution in [0.1, 0.15) is 56.1 Å². The van der Waals surface area contributed by atoms with Crippen LogP contribution in [0.4, 0.5) is 4.79 Å². The third-order valence-electron chi connectivity index (χ3n) is 7.06. The molecule has 180 valence electrons. The van der Waals surface area contributed by atoms with E-state index in [1.807, 2.05) is 31.2 Å². The molecule has 4 rings (SSSR count). The summed E-state index contributed by atoms with van der Waals surface area (Å²) in [7, 11) is 0. The van der Waals surface area contributed by atoms with Crippen LogP contribution in [0.2, 0.25) is 0 Å². The number of carboxylic acids is 1.